The molecule has 0 fully saturated rings. The van der Waals surface area contributed by atoms with Crippen LogP contribution in [0.4, 0.5) is 0 Å². The first-order valence-electron chi connectivity index (χ1n) is 6.81. The second kappa shape index (κ2) is 5.45. The van der Waals surface area contributed by atoms with Crippen LogP contribution >= 0.6 is 0 Å². The Morgan fingerprint density at radius 3 is 2.79 bits per heavy atom. The molecule has 1 aliphatic heterocycles. The van der Waals surface area contributed by atoms with Crippen molar-refractivity contribution in [2.45, 2.75) is 18.9 Å². The molecule has 0 aliphatic carbocycles. The highest BCUT2D eigenvalue weighted by atomic mass is 16.5. The Morgan fingerprint density at radius 1 is 1.16 bits per heavy atom. The van der Waals surface area contributed by atoms with Crippen LogP contribution in [0.15, 0.2) is 48.5 Å². The summed E-state index contributed by atoms with van der Waals surface area (Å²) in [5.74, 6) is 0.958. The Labute approximate surface area is 114 Å². The van der Waals surface area contributed by atoms with E-state index >= 15 is 0 Å². The lowest BCUT2D eigenvalue weighted by Gasteiger charge is -2.27. The van der Waals surface area contributed by atoms with Crippen molar-refractivity contribution >= 4 is 0 Å². The van der Waals surface area contributed by atoms with Gasteiger partial charge in [-0.1, -0.05) is 36.4 Å². The van der Waals surface area contributed by atoms with Gasteiger partial charge in [0.25, 0.3) is 0 Å². The van der Waals surface area contributed by atoms with E-state index in [1.165, 1.54) is 16.7 Å². The van der Waals surface area contributed by atoms with Crippen molar-refractivity contribution < 1.29 is 4.74 Å². The van der Waals surface area contributed by atoms with Crippen LogP contribution < -0.4 is 10.1 Å². The SMILES string of the molecule is COc1ccc2c(c1)CCN[C@@H]2Cc1ccccc1. The average molecular weight is 253 g/mol. The summed E-state index contributed by atoms with van der Waals surface area (Å²) in [4.78, 5) is 0. The quantitative estimate of drug-likeness (QED) is 0.907. The van der Waals surface area contributed by atoms with Gasteiger partial charge in [-0.15, -0.1) is 0 Å². The first-order valence-corrected chi connectivity index (χ1v) is 6.81. The second-order valence-corrected chi connectivity index (χ2v) is 5.01. The summed E-state index contributed by atoms with van der Waals surface area (Å²) < 4.78 is 5.31. The number of methoxy groups -OCH3 is 1. The molecule has 2 heteroatoms. The predicted molar refractivity (Wildman–Crippen MR) is 77.6 cm³/mol. The van der Waals surface area contributed by atoms with Crippen LogP contribution in [0.2, 0.25) is 0 Å². The Morgan fingerprint density at radius 2 is 2.00 bits per heavy atom. The summed E-state index contributed by atoms with van der Waals surface area (Å²) in [6, 6.07) is 17.5. The summed E-state index contributed by atoms with van der Waals surface area (Å²) in [6.45, 7) is 1.04. The van der Waals surface area contributed by atoms with Crippen molar-refractivity contribution in [1.82, 2.24) is 5.32 Å². The predicted octanol–water partition coefficient (Wildman–Crippen LogP) is 3.12. The lowest BCUT2D eigenvalue weighted by atomic mass is 9.90. The van der Waals surface area contributed by atoms with E-state index in [2.05, 4.69) is 53.8 Å². The molecular weight excluding hydrogens is 234 g/mol. The maximum absolute atomic E-state index is 5.31. The zero-order valence-electron chi connectivity index (χ0n) is 11.2. The third-order valence-corrected chi connectivity index (χ3v) is 3.79. The topological polar surface area (TPSA) is 21.3 Å². The van der Waals surface area contributed by atoms with Crippen molar-refractivity contribution in [1.29, 1.82) is 0 Å². The van der Waals surface area contributed by atoms with Crippen LogP contribution in [0.25, 0.3) is 0 Å². The number of rotatable bonds is 3. The zero-order chi connectivity index (χ0) is 13.1. The molecule has 0 saturated heterocycles. The Bertz CT molecular complexity index is 550. The molecule has 1 heterocycles. The molecule has 0 aromatic heterocycles. The Balaban J connectivity index is 1.86. The van der Waals surface area contributed by atoms with E-state index in [0.717, 1.165) is 25.1 Å². The van der Waals surface area contributed by atoms with Gasteiger partial charge in [-0.3, -0.25) is 0 Å². The van der Waals surface area contributed by atoms with E-state index in [4.69, 9.17) is 4.74 Å². The monoisotopic (exact) mass is 253 g/mol. The minimum Gasteiger partial charge on any atom is -0.497 e. The molecule has 0 spiro atoms. The lowest BCUT2D eigenvalue weighted by Crippen LogP contribution is -2.31. The van der Waals surface area contributed by atoms with Gasteiger partial charge in [-0.05, 0) is 48.2 Å². The highest BCUT2D eigenvalue weighted by molar-refractivity contribution is 5.40. The van der Waals surface area contributed by atoms with Crippen LogP contribution in [0.1, 0.15) is 22.7 Å². The molecule has 0 amide bonds. The maximum atomic E-state index is 5.31. The van der Waals surface area contributed by atoms with Crippen molar-refractivity contribution in [2.24, 2.45) is 0 Å². The highest BCUT2D eigenvalue weighted by Gasteiger charge is 2.20. The molecule has 3 rings (SSSR count). The largest absolute Gasteiger partial charge is 0.497 e. The number of fused-ring (bicyclic) bond motifs is 1. The lowest BCUT2D eigenvalue weighted by molar-refractivity contribution is 0.412. The van der Waals surface area contributed by atoms with Crippen LogP contribution in [-0.2, 0) is 12.8 Å². The molecule has 2 aromatic rings. The summed E-state index contributed by atoms with van der Waals surface area (Å²) >= 11 is 0. The second-order valence-electron chi connectivity index (χ2n) is 5.01. The van der Waals surface area contributed by atoms with Crippen LogP contribution in [0.3, 0.4) is 0 Å². The van der Waals surface area contributed by atoms with Gasteiger partial charge in [0.2, 0.25) is 0 Å². The van der Waals surface area contributed by atoms with Gasteiger partial charge < -0.3 is 10.1 Å². The van der Waals surface area contributed by atoms with E-state index in [1.807, 2.05) is 0 Å². The van der Waals surface area contributed by atoms with Crippen LogP contribution in [-0.4, -0.2) is 13.7 Å². The van der Waals surface area contributed by atoms with Gasteiger partial charge in [0, 0.05) is 6.04 Å². The normalized spacial score (nSPS) is 17.8. The van der Waals surface area contributed by atoms with Crippen molar-refractivity contribution in [2.75, 3.05) is 13.7 Å². The summed E-state index contributed by atoms with van der Waals surface area (Å²) in [5, 5.41) is 3.62. The van der Waals surface area contributed by atoms with E-state index in [-0.39, 0.29) is 0 Å². The molecule has 2 aromatic carbocycles. The van der Waals surface area contributed by atoms with Gasteiger partial charge in [-0.2, -0.15) is 0 Å². The zero-order valence-corrected chi connectivity index (χ0v) is 11.2. The molecular formula is C17H19NO. The highest BCUT2D eigenvalue weighted by Crippen LogP contribution is 2.28. The summed E-state index contributed by atoms with van der Waals surface area (Å²) in [7, 11) is 1.73. The number of hydrogen-bond donors (Lipinski definition) is 1. The maximum Gasteiger partial charge on any atom is 0.119 e. The molecule has 19 heavy (non-hydrogen) atoms. The fraction of sp³-hybridized carbons (Fsp3) is 0.294. The first-order chi connectivity index (χ1) is 9.36. The van der Waals surface area contributed by atoms with Gasteiger partial charge in [-0.25, -0.2) is 0 Å². The first kappa shape index (κ1) is 12.2. The number of nitrogens with one attached hydrogen (secondary N) is 1. The standard InChI is InChI=1S/C17H19NO/c1-19-15-7-8-16-14(12-15)9-10-18-17(16)11-13-5-3-2-4-6-13/h2-8,12,17-18H,9-11H2,1H3/t17-/m1/s1. The van der Waals surface area contributed by atoms with Crippen molar-refractivity contribution in [3.63, 3.8) is 0 Å². The summed E-state index contributed by atoms with van der Waals surface area (Å²) in [6.07, 6.45) is 2.12. The molecule has 1 N–H and O–H groups in total. The summed E-state index contributed by atoms with van der Waals surface area (Å²) in [5.41, 5.74) is 4.21. The molecule has 98 valence electrons. The van der Waals surface area contributed by atoms with Gasteiger partial charge in [0.05, 0.1) is 7.11 Å². The number of hydrogen-bond acceptors (Lipinski definition) is 2. The minimum absolute atomic E-state index is 0.414. The van der Waals surface area contributed by atoms with E-state index in [0.29, 0.717) is 6.04 Å². The minimum atomic E-state index is 0.414. The fourth-order valence-corrected chi connectivity index (χ4v) is 2.79. The van der Waals surface area contributed by atoms with Gasteiger partial charge in [0.1, 0.15) is 5.75 Å². The number of benzene rings is 2. The smallest absolute Gasteiger partial charge is 0.119 e. The third-order valence-electron chi connectivity index (χ3n) is 3.79. The Kier molecular flexibility index (Phi) is 3.51. The van der Waals surface area contributed by atoms with Gasteiger partial charge >= 0.3 is 0 Å². The van der Waals surface area contributed by atoms with E-state index in [9.17, 15) is 0 Å². The van der Waals surface area contributed by atoms with Crippen molar-refractivity contribution in [3.05, 3.63) is 65.2 Å². The molecule has 0 radical (unpaired) electrons. The number of ether oxygens (including phenoxy) is 1. The molecule has 0 saturated carbocycles. The average Bonchev–Trinajstić information content (AvgIpc) is 2.48. The van der Waals surface area contributed by atoms with E-state index < -0.39 is 0 Å². The molecule has 0 bridgehead atoms. The molecule has 1 aliphatic rings. The third kappa shape index (κ3) is 2.64. The molecule has 0 unspecified atom stereocenters. The van der Waals surface area contributed by atoms with Gasteiger partial charge in [0.15, 0.2) is 0 Å². The van der Waals surface area contributed by atoms with Crippen LogP contribution in [0, 0.1) is 0 Å². The van der Waals surface area contributed by atoms with Crippen molar-refractivity contribution in [3.8, 4) is 5.75 Å². The Hall–Kier alpha value is -1.80. The van der Waals surface area contributed by atoms with Crippen LogP contribution in [0.5, 0.6) is 5.75 Å². The van der Waals surface area contributed by atoms with E-state index in [1.54, 1.807) is 7.11 Å². The molecule has 2 nitrogen and oxygen atoms in total. The molecule has 1 atom stereocenters. The fourth-order valence-electron chi connectivity index (χ4n) is 2.79.